The van der Waals surface area contributed by atoms with Crippen molar-refractivity contribution in [3.8, 4) is 0 Å². The summed E-state index contributed by atoms with van der Waals surface area (Å²) in [5.74, 6) is -0.905. The Morgan fingerprint density at radius 3 is 1.71 bits per heavy atom. The fourth-order valence-corrected chi connectivity index (χ4v) is 5.86. The quantitative estimate of drug-likeness (QED) is 0.0221. The number of hydrogen-bond donors (Lipinski definition) is 4. The lowest BCUT2D eigenvalue weighted by Gasteiger charge is -2.39. The number of unbranched alkanes of at least 4 members (excludes halogenated alkanes) is 14. The van der Waals surface area contributed by atoms with Crippen LogP contribution in [-0.2, 0) is 28.5 Å². The molecule has 3 unspecified atom stereocenters. The first kappa shape index (κ1) is 50.2. The van der Waals surface area contributed by atoms with E-state index in [0.717, 1.165) is 32.1 Å². The van der Waals surface area contributed by atoms with Crippen molar-refractivity contribution in [1.82, 2.24) is 0 Å². The number of aliphatic hydroxyl groups excluding tert-OH is 4. The molecule has 0 aromatic carbocycles. The molecule has 1 rings (SSSR count). The van der Waals surface area contributed by atoms with Gasteiger partial charge in [-0.15, -0.1) is 0 Å². The van der Waals surface area contributed by atoms with Gasteiger partial charge in [-0.1, -0.05) is 151 Å². The molecule has 1 heterocycles. The van der Waals surface area contributed by atoms with Gasteiger partial charge in [0.2, 0.25) is 0 Å². The Morgan fingerprint density at radius 2 is 1.11 bits per heavy atom. The predicted octanol–water partition coefficient (Wildman–Crippen LogP) is 8.44. The zero-order valence-electron chi connectivity index (χ0n) is 33.9. The van der Waals surface area contributed by atoms with Gasteiger partial charge in [-0.25, -0.2) is 0 Å². The Bertz CT molecular complexity index is 1120. The lowest BCUT2D eigenvalue weighted by molar-refractivity contribution is -0.305. The largest absolute Gasteiger partial charge is 0.462 e. The Labute approximate surface area is 332 Å². The molecule has 0 saturated carbocycles. The molecule has 1 saturated heterocycles. The van der Waals surface area contributed by atoms with E-state index in [1.54, 1.807) is 0 Å². The van der Waals surface area contributed by atoms with Gasteiger partial charge in [0.25, 0.3) is 0 Å². The van der Waals surface area contributed by atoms with Crippen LogP contribution in [-0.4, -0.2) is 89.0 Å². The summed E-state index contributed by atoms with van der Waals surface area (Å²) < 4.78 is 22.0. The fourth-order valence-electron chi connectivity index (χ4n) is 5.86. The van der Waals surface area contributed by atoms with Gasteiger partial charge in [-0.3, -0.25) is 9.59 Å². The summed E-state index contributed by atoms with van der Waals surface area (Å²) in [7, 11) is 0. The zero-order valence-corrected chi connectivity index (χ0v) is 33.9. The Morgan fingerprint density at radius 1 is 0.582 bits per heavy atom. The number of carbonyl (C=O) groups excluding carboxylic acids is 2. The summed E-state index contributed by atoms with van der Waals surface area (Å²) >= 11 is 0. The first-order chi connectivity index (χ1) is 26.8. The van der Waals surface area contributed by atoms with Crippen LogP contribution < -0.4 is 0 Å². The summed E-state index contributed by atoms with van der Waals surface area (Å²) in [6.07, 6.45) is 36.4. The molecule has 4 N–H and O–H groups in total. The maximum Gasteiger partial charge on any atom is 0.306 e. The van der Waals surface area contributed by atoms with E-state index in [-0.39, 0.29) is 26.1 Å². The SMILES string of the molecule is CC/C=C/C=C/C=C/C=C/C=C/CCCC(=O)OC(COC(=O)CCCCCCCCC/C=C/CCCCCCCC)CO[C@H]1O[C@@H](CO)[C@@H](O)C(O)C1O. The molecule has 0 aromatic rings. The van der Waals surface area contributed by atoms with Crippen LogP contribution in [0.25, 0.3) is 0 Å². The molecule has 0 aliphatic carbocycles. The minimum Gasteiger partial charge on any atom is -0.462 e. The molecular weight excluding hydrogens is 700 g/mol. The van der Waals surface area contributed by atoms with Crippen LogP contribution >= 0.6 is 0 Å². The van der Waals surface area contributed by atoms with Crippen molar-refractivity contribution in [2.75, 3.05) is 19.8 Å². The highest BCUT2D eigenvalue weighted by Gasteiger charge is 2.44. The van der Waals surface area contributed by atoms with E-state index in [0.29, 0.717) is 19.3 Å². The Kier molecular flexibility index (Phi) is 32.4. The molecular formula is C45H74O10. The second-order valence-corrected chi connectivity index (χ2v) is 14.2. The third-order valence-electron chi connectivity index (χ3n) is 9.20. The molecule has 0 spiro atoms. The molecule has 0 aromatic heterocycles. The topological polar surface area (TPSA) is 152 Å². The summed E-state index contributed by atoms with van der Waals surface area (Å²) in [4.78, 5) is 25.2. The van der Waals surface area contributed by atoms with Crippen molar-refractivity contribution >= 4 is 11.9 Å². The third-order valence-corrected chi connectivity index (χ3v) is 9.20. The molecule has 1 fully saturated rings. The van der Waals surface area contributed by atoms with Crippen molar-refractivity contribution in [2.45, 2.75) is 179 Å². The number of rotatable bonds is 33. The van der Waals surface area contributed by atoms with Gasteiger partial charge in [0.05, 0.1) is 13.2 Å². The normalized spacial score (nSPS) is 21.3. The fraction of sp³-hybridized carbons (Fsp3) is 0.689. The average Bonchev–Trinajstić information content (AvgIpc) is 3.18. The summed E-state index contributed by atoms with van der Waals surface area (Å²) in [5, 5.41) is 40.0. The van der Waals surface area contributed by atoms with Crippen LogP contribution in [0.3, 0.4) is 0 Å². The van der Waals surface area contributed by atoms with Gasteiger partial charge in [-0.2, -0.15) is 0 Å². The van der Waals surface area contributed by atoms with Crippen LogP contribution in [0.4, 0.5) is 0 Å². The first-order valence-corrected chi connectivity index (χ1v) is 21.1. The molecule has 0 radical (unpaired) electrons. The second-order valence-electron chi connectivity index (χ2n) is 14.2. The minimum absolute atomic E-state index is 0.129. The van der Waals surface area contributed by atoms with E-state index in [2.05, 4.69) is 32.1 Å². The monoisotopic (exact) mass is 775 g/mol. The molecule has 6 atom stereocenters. The maximum absolute atomic E-state index is 12.7. The van der Waals surface area contributed by atoms with E-state index in [1.165, 1.54) is 64.2 Å². The molecule has 10 nitrogen and oxygen atoms in total. The van der Waals surface area contributed by atoms with Gasteiger partial charge in [0, 0.05) is 12.8 Å². The number of aliphatic hydroxyl groups is 4. The average molecular weight is 775 g/mol. The molecule has 314 valence electrons. The number of hydrogen-bond acceptors (Lipinski definition) is 10. The minimum atomic E-state index is -1.61. The van der Waals surface area contributed by atoms with Crippen LogP contribution in [0.5, 0.6) is 0 Å². The number of esters is 2. The highest BCUT2D eigenvalue weighted by molar-refractivity contribution is 5.70. The Hall–Kier alpha value is -2.86. The second kappa shape index (κ2) is 35.5. The predicted molar refractivity (Wildman–Crippen MR) is 219 cm³/mol. The van der Waals surface area contributed by atoms with Crippen molar-refractivity contribution < 1.29 is 49.0 Å². The van der Waals surface area contributed by atoms with E-state index < -0.39 is 55.4 Å². The lowest BCUT2D eigenvalue weighted by atomic mass is 9.99. The van der Waals surface area contributed by atoms with Gasteiger partial charge in [0.1, 0.15) is 31.0 Å². The smallest absolute Gasteiger partial charge is 0.306 e. The number of ether oxygens (including phenoxy) is 4. The van der Waals surface area contributed by atoms with Gasteiger partial charge < -0.3 is 39.4 Å². The van der Waals surface area contributed by atoms with Crippen LogP contribution in [0.1, 0.15) is 142 Å². The van der Waals surface area contributed by atoms with Crippen LogP contribution in [0.15, 0.2) is 72.9 Å². The lowest BCUT2D eigenvalue weighted by Crippen LogP contribution is -2.59. The van der Waals surface area contributed by atoms with E-state index in [1.807, 2.05) is 54.7 Å². The number of carbonyl (C=O) groups is 2. The molecule has 1 aliphatic rings. The molecule has 55 heavy (non-hydrogen) atoms. The van der Waals surface area contributed by atoms with E-state index in [9.17, 15) is 30.0 Å². The highest BCUT2D eigenvalue weighted by atomic mass is 16.7. The highest BCUT2D eigenvalue weighted by Crippen LogP contribution is 2.22. The molecule has 0 amide bonds. The van der Waals surface area contributed by atoms with Crippen molar-refractivity contribution in [3.05, 3.63) is 72.9 Å². The van der Waals surface area contributed by atoms with Crippen molar-refractivity contribution in [1.29, 1.82) is 0 Å². The molecule has 1 aliphatic heterocycles. The van der Waals surface area contributed by atoms with Crippen molar-refractivity contribution in [3.63, 3.8) is 0 Å². The maximum atomic E-state index is 12.7. The van der Waals surface area contributed by atoms with Gasteiger partial charge in [0.15, 0.2) is 12.4 Å². The molecule has 10 heteroatoms. The Balaban J connectivity index is 2.40. The standard InChI is InChI=1S/C45H74O10/c1-3-5-7-9-11-13-15-17-18-19-20-22-23-25-27-29-31-33-40(47)52-36-38(37-53-45-44(51)43(50)42(49)39(35-46)55-45)54-41(48)34-32-30-28-26-24-21-16-14-12-10-8-6-4-2/h6,8,10,12,14,16-18,21,24,26,28,38-39,42-46,49-51H,3-5,7,9,11,13,15,19-20,22-23,25,27,29-37H2,1-2H3/b8-6+,12-10+,16-14+,18-17+,24-21+,28-26+/t38?,39-,42+,43?,44?,45-/m0/s1. The summed E-state index contributed by atoms with van der Waals surface area (Å²) in [6.45, 7) is 3.17. The molecule has 0 bridgehead atoms. The summed E-state index contributed by atoms with van der Waals surface area (Å²) in [6, 6.07) is 0. The van der Waals surface area contributed by atoms with E-state index in [4.69, 9.17) is 18.9 Å². The first-order valence-electron chi connectivity index (χ1n) is 21.1. The van der Waals surface area contributed by atoms with Crippen LogP contribution in [0.2, 0.25) is 0 Å². The van der Waals surface area contributed by atoms with Gasteiger partial charge >= 0.3 is 11.9 Å². The third kappa shape index (κ3) is 27.4. The summed E-state index contributed by atoms with van der Waals surface area (Å²) in [5.41, 5.74) is 0. The van der Waals surface area contributed by atoms with Gasteiger partial charge in [-0.05, 0) is 51.4 Å². The van der Waals surface area contributed by atoms with Crippen LogP contribution in [0, 0.1) is 0 Å². The zero-order chi connectivity index (χ0) is 40.2. The number of allylic oxidation sites excluding steroid dienone is 12. The van der Waals surface area contributed by atoms with Crippen molar-refractivity contribution in [2.24, 2.45) is 0 Å². The van der Waals surface area contributed by atoms with E-state index >= 15 is 0 Å².